The highest BCUT2D eigenvalue weighted by Crippen LogP contribution is 2.22. The predicted octanol–water partition coefficient (Wildman–Crippen LogP) is 2.65. The van der Waals surface area contributed by atoms with Crippen LogP contribution >= 0.6 is 0 Å². The second-order valence-corrected chi connectivity index (χ2v) is 4.79. The van der Waals surface area contributed by atoms with Crippen LogP contribution in [0, 0.1) is 0 Å². The van der Waals surface area contributed by atoms with Gasteiger partial charge < -0.3 is 10.6 Å². The molecule has 0 amide bonds. The van der Waals surface area contributed by atoms with E-state index in [0.29, 0.717) is 6.54 Å². The third-order valence-corrected chi connectivity index (χ3v) is 3.05. The Morgan fingerprint density at radius 1 is 1.05 bits per heavy atom. The molecular weight excluding hydrogens is 264 g/mol. The lowest BCUT2D eigenvalue weighted by Gasteiger charge is -2.14. The minimum absolute atomic E-state index is 0.606. The highest BCUT2D eigenvalue weighted by Gasteiger charge is 2.10. The summed E-state index contributed by atoms with van der Waals surface area (Å²) < 4.78 is 0. The van der Waals surface area contributed by atoms with Gasteiger partial charge in [0.25, 0.3) is 0 Å². The number of hydrogen-bond acceptors (Lipinski definition) is 6. The summed E-state index contributed by atoms with van der Waals surface area (Å²) in [7, 11) is 0. The third-order valence-electron chi connectivity index (χ3n) is 3.05. The molecule has 0 saturated carbocycles. The van der Waals surface area contributed by atoms with E-state index in [0.717, 1.165) is 48.7 Å². The van der Waals surface area contributed by atoms with Crippen molar-refractivity contribution in [2.75, 3.05) is 17.2 Å². The number of anilines is 2. The minimum Gasteiger partial charge on any atom is -0.370 e. The van der Waals surface area contributed by atoms with Gasteiger partial charge in [0, 0.05) is 18.3 Å². The van der Waals surface area contributed by atoms with Crippen LogP contribution in [0.5, 0.6) is 0 Å². The van der Waals surface area contributed by atoms with Crippen molar-refractivity contribution in [3.8, 4) is 0 Å². The summed E-state index contributed by atoms with van der Waals surface area (Å²) in [5.74, 6) is 1.80. The average Bonchev–Trinajstić information content (AvgIpc) is 2.53. The van der Waals surface area contributed by atoms with Gasteiger partial charge in [-0.15, -0.1) is 0 Å². The van der Waals surface area contributed by atoms with Crippen LogP contribution in [0.25, 0.3) is 0 Å². The van der Waals surface area contributed by atoms with Crippen LogP contribution in [0.3, 0.4) is 0 Å². The topological polar surface area (TPSA) is 75.6 Å². The van der Waals surface area contributed by atoms with Crippen LogP contribution < -0.4 is 10.6 Å². The largest absolute Gasteiger partial charge is 0.370 e. The van der Waals surface area contributed by atoms with Gasteiger partial charge in [-0.05, 0) is 25.0 Å². The number of hydrogen-bond donors (Lipinski definition) is 2. The predicted molar refractivity (Wildman–Crippen MR) is 84.2 cm³/mol. The Labute approximate surface area is 125 Å². The van der Waals surface area contributed by atoms with Crippen molar-refractivity contribution < 1.29 is 0 Å². The van der Waals surface area contributed by atoms with Crippen molar-refractivity contribution in [2.45, 2.75) is 39.7 Å². The van der Waals surface area contributed by atoms with Crippen molar-refractivity contribution >= 4 is 11.6 Å². The summed E-state index contributed by atoms with van der Waals surface area (Å²) in [5.41, 5.74) is 2.03. The molecule has 0 aliphatic rings. The summed E-state index contributed by atoms with van der Waals surface area (Å²) in [6, 6.07) is 3.82. The first-order chi connectivity index (χ1) is 10.3. The zero-order chi connectivity index (χ0) is 14.9. The Bertz CT molecular complexity index is 543. The Hall–Kier alpha value is -2.24. The first-order valence-electron chi connectivity index (χ1n) is 7.43. The first-order valence-corrected chi connectivity index (χ1v) is 7.43. The van der Waals surface area contributed by atoms with Gasteiger partial charge in [0.05, 0.1) is 12.2 Å². The van der Waals surface area contributed by atoms with Crippen LogP contribution in [-0.2, 0) is 13.0 Å². The van der Waals surface area contributed by atoms with Gasteiger partial charge in [0.1, 0.15) is 18.0 Å². The molecule has 21 heavy (non-hydrogen) atoms. The summed E-state index contributed by atoms with van der Waals surface area (Å²) in [4.78, 5) is 8.73. The normalized spacial score (nSPS) is 10.4. The number of rotatable bonds is 8. The van der Waals surface area contributed by atoms with Crippen molar-refractivity contribution in [2.24, 2.45) is 0 Å². The molecule has 2 rings (SSSR count). The van der Waals surface area contributed by atoms with E-state index in [4.69, 9.17) is 0 Å². The Morgan fingerprint density at radius 2 is 1.86 bits per heavy atom. The summed E-state index contributed by atoms with van der Waals surface area (Å²) >= 11 is 0. The monoisotopic (exact) mass is 286 g/mol. The molecule has 0 radical (unpaired) electrons. The molecule has 0 fully saturated rings. The molecule has 0 atom stereocenters. The molecular formula is C15H22N6. The molecule has 6 nitrogen and oxygen atoms in total. The van der Waals surface area contributed by atoms with E-state index in [9.17, 15) is 0 Å². The standard InChI is InChI=1S/C15H22N6/c1-3-6-13-14(16-8-4-2)18-11-19-15(13)17-10-12-7-5-9-20-21-12/h5,7,9,11H,3-4,6,8,10H2,1-2H3,(H2,16,17,18,19). The van der Waals surface area contributed by atoms with E-state index in [1.54, 1.807) is 12.5 Å². The zero-order valence-corrected chi connectivity index (χ0v) is 12.6. The van der Waals surface area contributed by atoms with E-state index in [2.05, 4.69) is 44.6 Å². The molecule has 0 aromatic carbocycles. The minimum atomic E-state index is 0.606. The number of nitrogens with one attached hydrogen (secondary N) is 2. The van der Waals surface area contributed by atoms with Crippen molar-refractivity contribution in [3.63, 3.8) is 0 Å². The van der Waals surface area contributed by atoms with Gasteiger partial charge in [-0.3, -0.25) is 0 Å². The molecule has 0 aliphatic heterocycles. The summed E-state index contributed by atoms with van der Waals surface area (Å²) in [6.45, 7) is 5.82. The molecule has 2 aromatic heterocycles. The molecule has 2 heterocycles. The second kappa shape index (κ2) is 8.14. The molecule has 2 aromatic rings. The zero-order valence-electron chi connectivity index (χ0n) is 12.6. The molecule has 0 saturated heterocycles. The molecule has 0 unspecified atom stereocenters. The Kier molecular flexibility index (Phi) is 5.87. The van der Waals surface area contributed by atoms with Crippen LogP contribution in [0.1, 0.15) is 37.9 Å². The van der Waals surface area contributed by atoms with Crippen LogP contribution in [0.15, 0.2) is 24.7 Å². The van der Waals surface area contributed by atoms with Gasteiger partial charge in [0.15, 0.2) is 0 Å². The molecule has 0 aliphatic carbocycles. The fourth-order valence-electron chi connectivity index (χ4n) is 2.05. The van der Waals surface area contributed by atoms with Gasteiger partial charge in [-0.1, -0.05) is 20.3 Å². The highest BCUT2D eigenvalue weighted by molar-refractivity contribution is 5.57. The maximum atomic E-state index is 4.37. The SMILES string of the molecule is CCCNc1ncnc(NCc2cccnn2)c1CCC. The van der Waals surface area contributed by atoms with Crippen molar-refractivity contribution in [3.05, 3.63) is 35.9 Å². The van der Waals surface area contributed by atoms with Gasteiger partial charge in [-0.25, -0.2) is 9.97 Å². The van der Waals surface area contributed by atoms with E-state index in [1.165, 1.54) is 0 Å². The Balaban J connectivity index is 2.13. The maximum Gasteiger partial charge on any atom is 0.135 e. The van der Waals surface area contributed by atoms with Gasteiger partial charge in [-0.2, -0.15) is 10.2 Å². The lowest BCUT2D eigenvalue weighted by Crippen LogP contribution is -2.11. The number of nitrogens with zero attached hydrogens (tertiary/aromatic N) is 4. The van der Waals surface area contributed by atoms with Crippen LogP contribution in [0.4, 0.5) is 11.6 Å². The quantitative estimate of drug-likeness (QED) is 0.777. The number of aromatic nitrogens is 4. The van der Waals surface area contributed by atoms with Gasteiger partial charge >= 0.3 is 0 Å². The van der Waals surface area contributed by atoms with Crippen molar-refractivity contribution in [1.82, 2.24) is 20.2 Å². The molecule has 2 N–H and O–H groups in total. The highest BCUT2D eigenvalue weighted by atomic mass is 15.1. The summed E-state index contributed by atoms with van der Waals surface area (Å²) in [5, 5.41) is 14.7. The molecule has 112 valence electrons. The first kappa shape index (κ1) is 15.2. The van der Waals surface area contributed by atoms with E-state index < -0.39 is 0 Å². The molecule has 0 spiro atoms. The molecule has 6 heteroatoms. The average molecular weight is 286 g/mol. The fourth-order valence-corrected chi connectivity index (χ4v) is 2.05. The van der Waals surface area contributed by atoms with E-state index >= 15 is 0 Å². The fraction of sp³-hybridized carbons (Fsp3) is 0.467. The molecule has 0 bridgehead atoms. The lowest BCUT2D eigenvalue weighted by molar-refractivity contribution is 0.877. The lowest BCUT2D eigenvalue weighted by atomic mass is 10.1. The van der Waals surface area contributed by atoms with Crippen LogP contribution in [0.2, 0.25) is 0 Å². The van der Waals surface area contributed by atoms with E-state index in [-0.39, 0.29) is 0 Å². The van der Waals surface area contributed by atoms with E-state index in [1.807, 2.05) is 12.1 Å². The smallest absolute Gasteiger partial charge is 0.135 e. The Morgan fingerprint density at radius 3 is 2.52 bits per heavy atom. The van der Waals surface area contributed by atoms with Crippen molar-refractivity contribution in [1.29, 1.82) is 0 Å². The maximum absolute atomic E-state index is 4.37. The second-order valence-electron chi connectivity index (χ2n) is 4.79. The van der Waals surface area contributed by atoms with Crippen LogP contribution in [-0.4, -0.2) is 26.7 Å². The summed E-state index contributed by atoms with van der Waals surface area (Å²) in [6.07, 6.45) is 6.32. The third kappa shape index (κ3) is 4.37. The van der Waals surface area contributed by atoms with Gasteiger partial charge in [0.2, 0.25) is 0 Å².